The minimum absolute atomic E-state index is 0.275. The molecule has 78 valence electrons. The van der Waals surface area contributed by atoms with Crippen LogP contribution in [-0.2, 0) is 5.75 Å². The molecule has 0 fully saturated rings. The molecule has 0 spiro atoms. The molecule has 1 heterocycles. The van der Waals surface area contributed by atoms with Crippen LogP contribution in [-0.4, -0.2) is 29.5 Å². The van der Waals surface area contributed by atoms with Gasteiger partial charge >= 0.3 is 0 Å². The van der Waals surface area contributed by atoms with Crippen LogP contribution in [0, 0.1) is 0 Å². The molecule has 0 amide bonds. The van der Waals surface area contributed by atoms with Crippen molar-refractivity contribution in [3.05, 3.63) is 24.0 Å². The van der Waals surface area contributed by atoms with Crippen LogP contribution in [0.5, 0.6) is 0 Å². The Bertz CT molecular complexity index is 268. The van der Waals surface area contributed by atoms with Crippen molar-refractivity contribution in [1.82, 2.24) is 4.98 Å². The van der Waals surface area contributed by atoms with E-state index in [0.29, 0.717) is 0 Å². The fourth-order valence-corrected chi connectivity index (χ4v) is 1.90. The van der Waals surface area contributed by atoms with Crippen LogP contribution in [0.15, 0.2) is 18.3 Å². The normalized spacial score (nSPS) is 10.1. The van der Waals surface area contributed by atoms with Gasteiger partial charge in [0.2, 0.25) is 0 Å². The second-order valence-corrected chi connectivity index (χ2v) is 4.02. The van der Waals surface area contributed by atoms with Crippen molar-refractivity contribution in [2.75, 3.05) is 24.7 Å². The van der Waals surface area contributed by atoms with E-state index in [1.165, 1.54) is 0 Å². The third-order valence-electron chi connectivity index (χ3n) is 1.80. The van der Waals surface area contributed by atoms with Crippen molar-refractivity contribution < 1.29 is 5.11 Å². The zero-order valence-electron chi connectivity index (χ0n) is 8.36. The number of aliphatic hydroxyl groups is 1. The van der Waals surface area contributed by atoms with Gasteiger partial charge in [-0.15, -0.1) is 0 Å². The number of pyridine rings is 1. The van der Waals surface area contributed by atoms with Gasteiger partial charge in [0.05, 0.1) is 5.69 Å². The first-order valence-electron chi connectivity index (χ1n) is 4.68. The Labute approximate surface area is 88.9 Å². The molecule has 4 heteroatoms. The minimum Gasteiger partial charge on any atom is -0.396 e. The van der Waals surface area contributed by atoms with E-state index in [4.69, 9.17) is 5.11 Å². The molecule has 0 aliphatic rings. The summed E-state index contributed by atoms with van der Waals surface area (Å²) in [5, 5.41) is 11.7. The Hall–Kier alpha value is -0.740. The summed E-state index contributed by atoms with van der Waals surface area (Å²) in [5.41, 5.74) is 2.18. The van der Waals surface area contributed by atoms with Gasteiger partial charge in [-0.25, -0.2) is 0 Å². The highest BCUT2D eigenvalue weighted by molar-refractivity contribution is 7.98. The molecule has 0 aliphatic heterocycles. The molecule has 14 heavy (non-hydrogen) atoms. The van der Waals surface area contributed by atoms with E-state index < -0.39 is 0 Å². The maximum Gasteiger partial charge on any atom is 0.0523 e. The Morgan fingerprint density at radius 3 is 3.14 bits per heavy atom. The standard InChI is InChI=1S/C10H16N2OS/c1-11-9-3-4-12-10(7-9)8-14-6-2-5-13/h3-4,7,13H,2,5-6,8H2,1H3,(H,11,12). The molecular weight excluding hydrogens is 196 g/mol. The van der Waals surface area contributed by atoms with Crippen LogP contribution in [0.25, 0.3) is 0 Å². The number of aromatic nitrogens is 1. The highest BCUT2D eigenvalue weighted by Gasteiger charge is 1.96. The Morgan fingerprint density at radius 1 is 1.57 bits per heavy atom. The predicted molar refractivity (Wildman–Crippen MR) is 61.6 cm³/mol. The maximum absolute atomic E-state index is 8.61. The van der Waals surface area contributed by atoms with Crippen LogP contribution in [0.3, 0.4) is 0 Å². The Balaban J connectivity index is 2.34. The Morgan fingerprint density at radius 2 is 2.43 bits per heavy atom. The number of nitrogens with one attached hydrogen (secondary N) is 1. The molecule has 1 aromatic heterocycles. The molecule has 0 unspecified atom stereocenters. The number of hydrogen-bond donors (Lipinski definition) is 2. The van der Waals surface area contributed by atoms with Crippen LogP contribution in [0.2, 0.25) is 0 Å². The first-order valence-corrected chi connectivity index (χ1v) is 5.83. The molecule has 0 bridgehead atoms. The first kappa shape index (κ1) is 11.3. The lowest BCUT2D eigenvalue weighted by Crippen LogP contribution is -1.93. The highest BCUT2D eigenvalue weighted by Crippen LogP contribution is 2.14. The van der Waals surface area contributed by atoms with E-state index in [1.807, 2.05) is 25.4 Å². The molecular formula is C10H16N2OS. The van der Waals surface area contributed by atoms with Gasteiger partial charge in [-0.3, -0.25) is 4.98 Å². The Kier molecular flexibility index (Phi) is 5.40. The summed E-state index contributed by atoms with van der Waals surface area (Å²) in [4.78, 5) is 4.26. The summed E-state index contributed by atoms with van der Waals surface area (Å²) >= 11 is 1.80. The zero-order chi connectivity index (χ0) is 10.2. The average Bonchev–Trinajstić information content (AvgIpc) is 2.25. The van der Waals surface area contributed by atoms with Gasteiger partial charge in [-0.1, -0.05) is 0 Å². The van der Waals surface area contributed by atoms with Gasteiger partial charge < -0.3 is 10.4 Å². The molecule has 0 aromatic carbocycles. The van der Waals surface area contributed by atoms with Crippen molar-refractivity contribution in [2.24, 2.45) is 0 Å². The number of hydrogen-bond acceptors (Lipinski definition) is 4. The van der Waals surface area contributed by atoms with Gasteiger partial charge in [-0.05, 0) is 24.3 Å². The monoisotopic (exact) mass is 212 g/mol. The van der Waals surface area contributed by atoms with Gasteiger partial charge in [0.1, 0.15) is 0 Å². The highest BCUT2D eigenvalue weighted by atomic mass is 32.2. The van der Waals surface area contributed by atoms with Crippen LogP contribution < -0.4 is 5.32 Å². The molecule has 1 rings (SSSR count). The van der Waals surface area contributed by atoms with Gasteiger partial charge in [-0.2, -0.15) is 11.8 Å². The zero-order valence-corrected chi connectivity index (χ0v) is 9.18. The van der Waals surface area contributed by atoms with E-state index in [0.717, 1.165) is 29.3 Å². The summed E-state index contributed by atoms with van der Waals surface area (Å²) in [5.74, 6) is 1.90. The first-order chi connectivity index (χ1) is 6.86. The van der Waals surface area contributed by atoms with Crippen molar-refractivity contribution in [3.63, 3.8) is 0 Å². The number of nitrogens with zero attached hydrogens (tertiary/aromatic N) is 1. The van der Waals surface area contributed by atoms with E-state index in [-0.39, 0.29) is 6.61 Å². The quantitative estimate of drug-likeness (QED) is 0.705. The topological polar surface area (TPSA) is 45.2 Å². The molecule has 2 N–H and O–H groups in total. The molecule has 0 atom stereocenters. The summed E-state index contributed by atoms with van der Waals surface area (Å²) in [7, 11) is 1.90. The number of rotatable bonds is 6. The molecule has 0 radical (unpaired) electrons. The van der Waals surface area contributed by atoms with Crippen molar-refractivity contribution in [2.45, 2.75) is 12.2 Å². The van der Waals surface area contributed by atoms with E-state index in [1.54, 1.807) is 11.8 Å². The largest absolute Gasteiger partial charge is 0.396 e. The van der Waals surface area contributed by atoms with Crippen molar-refractivity contribution in [3.8, 4) is 0 Å². The van der Waals surface area contributed by atoms with Crippen LogP contribution >= 0.6 is 11.8 Å². The van der Waals surface area contributed by atoms with Crippen LogP contribution in [0.1, 0.15) is 12.1 Å². The maximum atomic E-state index is 8.61. The fourth-order valence-electron chi connectivity index (χ4n) is 1.06. The third-order valence-corrected chi connectivity index (χ3v) is 2.88. The minimum atomic E-state index is 0.275. The predicted octanol–water partition coefficient (Wildman–Crippen LogP) is 1.74. The second-order valence-electron chi connectivity index (χ2n) is 2.92. The summed E-state index contributed by atoms with van der Waals surface area (Å²) in [6, 6.07) is 3.99. The number of anilines is 1. The van der Waals surface area contributed by atoms with E-state index in [9.17, 15) is 0 Å². The summed E-state index contributed by atoms with van der Waals surface area (Å²) in [6.07, 6.45) is 2.67. The lowest BCUT2D eigenvalue weighted by molar-refractivity contribution is 0.296. The van der Waals surface area contributed by atoms with Crippen molar-refractivity contribution >= 4 is 17.4 Å². The second kappa shape index (κ2) is 6.68. The molecule has 1 aromatic rings. The lowest BCUT2D eigenvalue weighted by Gasteiger charge is -2.03. The molecule has 3 nitrogen and oxygen atoms in total. The van der Waals surface area contributed by atoms with Crippen LogP contribution in [0.4, 0.5) is 5.69 Å². The van der Waals surface area contributed by atoms with Gasteiger partial charge in [0.25, 0.3) is 0 Å². The van der Waals surface area contributed by atoms with E-state index in [2.05, 4.69) is 10.3 Å². The van der Waals surface area contributed by atoms with Gasteiger partial charge in [0.15, 0.2) is 0 Å². The summed E-state index contributed by atoms with van der Waals surface area (Å²) in [6.45, 7) is 0.275. The molecule has 0 saturated carbocycles. The fraction of sp³-hybridized carbons (Fsp3) is 0.500. The van der Waals surface area contributed by atoms with Gasteiger partial charge in [0, 0.05) is 31.3 Å². The number of aliphatic hydroxyl groups excluding tert-OH is 1. The number of thioether (sulfide) groups is 1. The molecule has 0 saturated heterocycles. The SMILES string of the molecule is CNc1ccnc(CSCCCO)c1. The van der Waals surface area contributed by atoms with Crippen molar-refractivity contribution in [1.29, 1.82) is 0 Å². The average molecular weight is 212 g/mol. The smallest absolute Gasteiger partial charge is 0.0523 e. The van der Waals surface area contributed by atoms with E-state index >= 15 is 0 Å². The summed E-state index contributed by atoms with van der Waals surface area (Å²) < 4.78 is 0. The third kappa shape index (κ3) is 3.98. The lowest BCUT2D eigenvalue weighted by atomic mass is 10.3. The molecule has 0 aliphatic carbocycles.